The van der Waals surface area contributed by atoms with Crippen molar-refractivity contribution in [2.45, 2.75) is 30.8 Å². The molecule has 0 bridgehead atoms. The average Bonchev–Trinajstić information content (AvgIpc) is 2.88. The normalized spacial score (nSPS) is 12.4. The van der Waals surface area contributed by atoms with E-state index in [1.54, 1.807) is 31.2 Å². The maximum atomic E-state index is 14.9. The summed E-state index contributed by atoms with van der Waals surface area (Å²) in [5, 5.41) is 4.56. The summed E-state index contributed by atoms with van der Waals surface area (Å²) in [6.07, 6.45) is 0.908. The number of hydrogen-bond acceptors (Lipinski definition) is 6. The lowest BCUT2D eigenvalue weighted by Crippen LogP contribution is -2.32. The zero-order valence-corrected chi connectivity index (χ0v) is 21.6. The van der Waals surface area contributed by atoms with Crippen LogP contribution < -0.4 is 16.0 Å². The van der Waals surface area contributed by atoms with E-state index in [0.29, 0.717) is 28.1 Å². The third-order valence-electron chi connectivity index (χ3n) is 6.27. The Balaban J connectivity index is 1.91. The first-order valence-corrected chi connectivity index (χ1v) is 13.5. The number of benzene rings is 3. The molecule has 3 aromatic carbocycles. The van der Waals surface area contributed by atoms with Crippen LogP contribution in [0.1, 0.15) is 28.4 Å². The lowest BCUT2D eigenvalue weighted by atomic mass is 9.97. The van der Waals surface area contributed by atoms with Crippen LogP contribution in [-0.4, -0.2) is 31.6 Å². The highest BCUT2D eigenvalue weighted by Crippen LogP contribution is 2.28. The molecule has 9 heteroatoms. The summed E-state index contributed by atoms with van der Waals surface area (Å²) in [5.74, 6) is -0.0959. The Labute approximate surface area is 215 Å². The van der Waals surface area contributed by atoms with Crippen LogP contribution in [0.3, 0.4) is 0 Å². The van der Waals surface area contributed by atoms with Crippen molar-refractivity contribution in [1.82, 2.24) is 9.78 Å². The Bertz CT molecular complexity index is 1600. The van der Waals surface area contributed by atoms with Crippen molar-refractivity contribution in [3.63, 3.8) is 0 Å². The zero-order valence-electron chi connectivity index (χ0n) is 20.8. The smallest absolute Gasteiger partial charge is 0.274 e. The Morgan fingerprint density at radius 1 is 1.05 bits per heavy atom. The van der Waals surface area contributed by atoms with Gasteiger partial charge in [0.2, 0.25) is 0 Å². The first-order valence-electron chi connectivity index (χ1n) is 11.6. The van der Waals surface area contributed by atoms with Gasteiger partial charge in [0.1, 0.15) is 11.6 Å². The van der Waals surface area contributed by atoms with Gasteiger partial charge in [-0.25, -0.2) is 17.5 Å². The van der Waals surface area contributed by atoms with Gasteiger partial charge in [-0.3, -0.25) is 4.79 Å². The van der Waals surface area contributed by atoms with E-state index in [4.69, 9.17) is 10.5 Å². The number of nitrogens with zero attached hydrogens (tertiary/aromatic N) is 2. The summed E-state index contributed by atoms with van der Waals surface area (Å²) in [6.45, 7) is 1.80. The third-order valence-corrected chi connectivity index (χ3v) is 7.45. The second kappa shape index (κ2) is 10.7. The molecule has 4 aromatic rings. The van der Waals surface area contributed by atoms with Gasteiger partial charge in [-0.1, -0.05) is 48.5 Å². The number of methoxy groups -OCH3 is 1. The number of halogens is 1. The zero-order chi connectivity index (χ0) is 26.7. The summed E-state index contributed by atoms with van der Waals surface area (Å²) in [7, 11) is -2.17. The average molecular weight is 522 g/mol. The fraction of sp³-hybridized carbons (Fsp3) is 0.214. The second-order valence-corrected chi connectivity index (χ2v) is 10.8. The molecule has 192 valence electrons. The Kier molecular flexibility index (Phi) is 7.56. The molecule has 2 N–H and O–H groups in total. The highest BCUT2D eigenvalue weighted by atomic mass is 32.2. The van der Waals surface area contributed by atoms with Crippen LogP contribution in [0.2, 0.25) is 0 Å². The molecule has 0 aliphatic rings. The quantitative estimate of drug-likeness (QED) is 0.375. The molecule has 0 aliphatic heterocycles. The standard InChI is InChI=1S/C28H28FN3O4S/c1-18-25(16-22-23(29)13-8-14-26(22)37(3,34)35)31-32(17-24(30)19-9-5-4-6-10-19)28(33)27(18)20-11-7-12-21(15-20)36-2/h4-15,24H,16-17,30H2,1-3H3. The molecule has 0 radical (unpaired) electrons. The Morgan fingerprint density at radius 3 is 2.43 bits per heavy atom. The van der Waals surface area contributed by atoms with E-state index in [1.165, 1.54) is 30.0 Å². The van der Waals surface area contributed by atoms with Gasteiger partial charge in [-0.2, -0.15) is 5.10 Å². The van der Waals surface area contributed by atoms with E-state index in [0.717, 1.165) is 11.8 Å². The van der Waals surface area contributed by atoms with Gasteiger partial charge in [0.15, 0.2) is 9.84 Å². The van der Waals surface area contributed by atoms with Gasteiger partial charge in [0, 0.05) is 24.3 Å². The molecule has 0 fully saturated rings. The predicted octanol–water partition coefficient (Wildman–Crippen LogP) is 4.06. The van der Waals surface area contributed by atoms with Crippen molar-refractivity contribution < 1.29 is 17.5 Å². The molecule has 1 aromatic heterocycles. The van der Waals surface area contributed by atoms with Crippen LogP contribution in [0.15, 0.2) is 82.5 Å². The van der Waals surface area contributed by atoms with Crippen molar-refractivity contribution in [1.29, 1.82) is 0 Å². The minimum absolute atomic E-state index is 0.00486. The molecule has 0 spiro atoms. The second-order valence-electron chi connectivity index (χ2n) is 8.85. The summed E-state index contributed by atoms with van der Waals surface area (Å²) >= 11 is 0. The van der Waals surface area contributed by atoms with Crippen molar-refractivity contribution in [2.75, 3.05) is 13.4 Å². The summed E-state index contributed by atoms with van der Waals surface area (Å²) in [6, 6.07) is 19.8. The number of nitrogens with two attached hydrogens (primary N) is 1. The topological polar surface area (TPSA) is 104 Å². The SMILES string of the molecule is COc1cccc(-c2c(C)c(Cc3c(F)cccc3S(C)(=O)=O)nn(CC(N)c3ccccc3)c2=O)c1. The first kappa shape index (κ1) is 26.2. The molecule has 37 heavy (non-hydrogen) atoms. The van der Waals surface area contributed by atoms with Crippen LogP contribution >= 0.6 is 0 Å². The van der Waals surface area contributed by atoms with E-state index in [1.807, 2.05) is 30.3 Å². The molecule has 4 rings (SSSR count). The van der Waals surface area contributed by atoms with Crippen LogP contribution in [0.4, 0.5) is 4.39 Å². The monoisotopic (exact) mass is 521 g/mol. The molecule has 0 aliphatic carbocycles. The van der Waals surface area contributed by atoms with Gasteiger partial charge in [0.25, 0.3) is 5.56 Å². The molecular formula is C28H28FN3O4S. The molecule has 1 atom stereocenters. The van der Waals surface area contributed by atoms with Gasteiger partial charge in [-0.15, -0.1) is 0 Å². The fourth-order valence-corrected chi connectivity index (χ4v) is 5.27. The molecule has 0 saturated heterocycles. The summed E-state index contributed by atoms with van der Waals surface area (Å²) in [5.41, 5.74) is 8.73. The molecular weight excluding hydrogens is 493 g/mol. The third kappa shape index (κ3) is 5.63. The minimum atomic E-state index is -3.71. The van der Waals surface area contributed by atoms with Crippen molar-refractivity contribution >= 4 is 9.84 Å². The number of ether oxygens (including phenoxy) is 1. The number of aromatic nitrogens is 2. The van der Waals surface area contributed by atoms with Crippen molar-refractivity contribution in [2.24, 2.45) is 5.73 Å². The van der Waals surface area contributed by atoms with Gasteiger partial charge in [0.05, 0.1) is 29.8 Å². The lowest BCUT2D eigenvalue weighted by molar-refractivity contribution is 0.415. The largest absolute Gasteiger partial charge is 0.497 e. The summed E-state index contributed by atoms with van der Waals surface area (Å²) < 4.78 is 46.3. The van der Waals surface area contributed by atoms with Gasteiger partial charge in [-0.05, 0) is 47.9 Å². The van der Waals surface area contributed by atoms with Crippen LogP contribution in [0.25, 0.3) is 11.1 Å². The minimum Gasteiger partial charge on any atom is -0.497 e. The predicted molar refractivity (Wildman–Crippen MR) is 141 cm³/mol. The van der Waals surface area contributed by atoms with Crippen LogP contribution in [0, 0.1) is 12.7 Å². The Morgan fingerprint density at radius 2 is 1.76 bits per heavy atom. The number of rotatable bonds is 8. The lowest BCUT2D eigenvalue weighted by Gasteiger charge is -2.19. The number of hydrogen-bond donors (Lipinski definition) is 1. The molecule has 1 heterocycles. The van der Waals surface area contributed by atoms with E-state index in [9.17, 15) is 17.6 Å². The highest BCUT2D eigenvalue weighted by molar-refractivity contribution is 7.90. The van der Waals surface area contributed by atoms with E-state index in [2.05, 4.69) is 5.10 Å². The molecule has 0 amide bonds. The van der Waals surface area contributed by atoms with Crippen LogP contribution in [0.5, 0.6) is 5.75 Å². The van der Waals surface area contributed by atoms with E-state index in [-0.39, 0.29) is 29.0 Å². The maximum Gasteiger partial charge on any atom is 0.274 e. The van der Waals surface area contributed by atoms with E-state index < -0.39 is 21.7 Å². The fourth-order valence-electron chi connectivity index (χ4n) is 4.33. The molecule has 0 saturated carbocycles. The van der Waals surface area contributed by atoms with Gasteiger partial charge >= 0.3 is 0 Å². The van der Waals surface area contributed by atoms with Gasteiger partial charge < -0.3 is 10.5 Å². The highest BCUT2D eigenvalue weighted by Gasteiger charge is 2.23. The summed E-state index contributed by atoms with van der Waals surface area (Å²) in [4.78, 5) is 13.6. The maximum absolute atomic E-state index is 14.9. The van der Waals surface area contributed by atoms with Crippen molar-refractivity contribution in [3.05, 3.63) is 111 Å². The van der Waals surface area contributed by atoms with Crippen LogP contribution in [-0.2, 0) is 22.8 Å². The molecule has 7 nitrogen and oxygen atoms in total. The Hall–Kier alpha value is -3.82. The molecule has 1 unspecified atom stereocenters. The first-order chi connectivity index (χ1) is 17.6. The number of sulfone groups is 1. The van der Waals surface area contributed by atoms with Crippen molar-refractivity contribution in [3.8, 4) is 16.9 Å². The van der Waals surface area contributed by atoms with E-state index >= 15 is 0 Å².